The summed E-state index contributed by atoms with van der Waals surface area (Å²) >= 11 is 0. The number of hydrogen-bond acceptors (Lipinski definition) is 4. The minimum atomic E-state index is -0.0426. The molecule has 0 radical (unpaired) electrons. The molecule has 1 spiro atoms. The van der Waals surface area contributed by atoms with Crippen LogP contribution < -0.4 is 0 Å². The van der Waals surface area contributed by atoms with E-state index in [4.69, 9.17) is 9.47 Å². The summed E-state index contributed by atoms with van der Waals surface area (Å²) in [5.41, 5.74) is 0.933. The van der Waals surface area contributed by atoms with E-state index < -0.39 is 0 Å². The molecule has 3 aliphatic rings. The number of rotatable bonds is 6. The van der Waals surface area contributed by atoms with Crippen LogP contribution >= 0.6 is 0 Å². The first-order valence-electron chi connectivity index (χ1n) is 10.3. The zero-order valence-corrected chi connectivity index (χ0v) is 16.0. The molecule has 2 aliphatic heterocycles. The summed E-state index contributed by atoms with van der Waals surface area (Å²) < 4.78 is 12.1. The van der Waals surface area contributed by atoms with Crippen LogP contribution in [0.25, 0.3) is 0 Å². The number of hydrogen-bond donors (Lipinski definition) is 0. The van der Waals surface area contributed by atoms with Crippen LogP contribution in [0.15, 0.2) is 36.5 Å². The smallest absolute Gasteiger partial charge is 0.226 e. The molecule has 3 heterocycles. The molecular formula is C22H30N2O3. The van der Waals surface area contributed by atoms with E-state index in [-0.39, 0.29) is 11.5 Å². The van der Waals surface area contributed by atoms with Crippen LogP contribution in [0.1, 0.15) is 44.2 Å². The van der Waals surface area contributed by atoms with Crippen molar-refractivity contribution in [3.8, 4) is 0 Å². The fourth-order valence-corrected chi connectivity index (χ4v) is 4.81. The Kier molecular flexibility index (Phi) is 5.89. The van der Waals surface area contributed by atoms with Gasteiger partial charge in [0.2, 0.25) is 5.91 Å². The highest BCUT2D eigenvalue weighted by Gasteiger charge is 2.46. The summed E-state index contributed by atoms with van der Waals surface area (Å²) in [4.78, 5) is 19.0. The number of likely N-dealkylation sites (tertiary alicyclic amines) is 1. The molecule has 2 fully saturated rings. The van der Waals surface area contributed by atoms with E-state index in [1.54, 1.807) is 6.20 Å². The Morgan fingerprint density at radius 3 is 2.81 bits per heavy atom. The molecule has 1 aliphatic carbocycles. The Bertz CT molecular complexity index is 645. The minimum Gasteiger partial charge on any atom is -0.375 e. The van der Waals surface area contributed by atoms with E-state index >= 15 is 0 Å². The van der Waals surface area contributed by atoms with Crippen molar-refractivity contribution in [2.75, 3.05) is 26.3 Å². The third kappa shape index (κ3) is 4.25. The fourth-order valence-electron chi connectivity index (χ4n) is 4.81. The quantitative estimate of drug-likeness (QED) is 0.569. The molecule has 5 nitrogen and oxygen atoms in total. The molecular weight excluding hydrogens is 340 g/mol. The van der Waals surface area contributed by atoms with Crippen molar-refractivity contribution >= 4 is 5.91 Å². The van der Waals surface area contributed by atoms with Crippen LogP contribution in [-0.4, -0.2) is 47.7 Å². The highest BCUT2D eigenvalue weighted by atomic mass is 16.5. The minimum absolute atomic E-state index is 0.0426. The number of carbonyl (C=O) groups is 1. The summed E-state index contributed by atoms with van der Waals surface area (Å²) in [5.74, 6) is 1.05. The fraction of sp³-hybridized carbons (Fsp3) is 0.636. The normalized spacial score (nSPS) is 24.7. The first kappa shape index (κ1) is 18.6. The highest BCUT2D eigenvalue weighted by Crippen LogP contribution is 2.42. The van der Waals surface area contributed by atoms with Gasteiger partial charge in [-0.3, -0.25) is 9.78 Å². The Morgan fingerprint density at radius 1 is 1.26 bits per heavy atom. The lowest BCUT2D eigenvalue weighted by Gasteiger charge is -2.43. The molecule has 2 saturated heterocycles. The van der Waals surface area contributed by atoms with Gasteiger partial charge in [-0.1, -0.05) is 18.2 Å². The van der Waals surface area contributed by atoms with Gasteiger partial charge < -0.3 is 14.4 Å². The van der Waals surface area contributed by atoms with E-state index in [1.807, 2.05) is 18.2 Å². The molecule has 27 heavy (non-hydrogen) atoms. The zero-order chi connectivity index (χ0) is 18.5. The third-order valence-electron chi connectivity index (χ3n) is 6.47. The Labute approximate surface area is 161 Å². The molecule has 0 unspecified atom stereocenters. The maximum absolute atomic E-state index is 12.7. The molecule has 4 rings (SSSR count). The van der Waals surface area contributed by atoms with Crippen molar-refractivity contribution in [1.29, 1.82) is 0 Å². The molecule has 1 amide bonds. The summed E-state index contributed by atoms with van der Waals surface area (Å²) in [7, 11) is 0. The van der Waals surface area contributed by atoms with Gasteiger partial charge in [-0.25, -0.2) is 0 Å². The average molecular weight is 370 g/mol. The van der Waals surface area contributed by atoms with Crippen molar-refractivity contribution in [2.24, 2.45) is 11.8 Å². The third-order valence-corrected chi connectivity index (χ3v) is 6.47. The van der Waals surface area contributed by atoms with E-state index in [2.05, 4.69) is 22.0 Å². The monoisotopic (exact) mass is 370 g/mol. The van der Waals surface area contributed by atoms with Crippen molar-refractivity contribution in [3.05, 3.63) is 42.2 Å². The van der Waals surface area contributed by atoms with Crippen LogP contribution in [0.3, 0.4) is 0 Å². The van der Waals surface area contributed by atoms with Gasteiger partial charge in [-0.15, -0.1) is 0 Å². The van der Waals surface area contributed by atoms with Gasteiger partial charge in [0.15, 0.2) is 0 Å². The Balaban J connectivity index is 1.24. The second-order valence-electron chi connectivity index (χ2n) is 8.03. The Hall–Kier alpha value is -1.72. The molecule has 5 heteroatoms. The lowest BCUT2D eigenvalue weighted by Crippen LogP contribution is -2.50. The first-order valence-corrected chi connectivity index (χ1v) is 10.3. The average Bonchev–Trinajstić information content (AvgIpc) is 3.37. The van der Waals surface area contributed by atoms with Gasteiger partial charge in [0.05, 0.1) is 17.9 Å². The molecule has 1 aromatic heterocycles. The van der Waals surface area contributed by atoms with E-state index in [1.165, 1.54) is 0 Å². The number of piperidine rings is 1. The zero-order valence-electron chi connectivity index (χ0n) is 16.0. The van der Waals surface area contributed by atoms with Crippen molar-refractivity contribution in [2.45, 2.75) is 50.7 Å². The van der Waals surface area contributed by atoms with Crippen LogP contribution in [0.5, 0.6) is 0 Å². The number of amides is 1. The van der Waals surface area contributed by atoms with Gasteiger partial charge in [0.25, 0.3) is 0 Å². The predicted molar refractivity (Wildman–Crippen MR) is 103 cm³/mol. The number of allylic oxidation sites excluding steroid dienone is 2. The van der Waals surface area contributed by atoms with Crippen molar-refractivity contribution < 1.29 is 14.3 Å². The largest absolute Gasteiger partial charge is 0.375 e. The Morgan fingerprint density at radius 2 is 2.07 bits per heavy atom. The number of carbonyl (C=O) groups excluding carboxylic acids is 1. The van der Waals surface area contributed by atoms with Crippen LogP contribution in [0.4, 0.5) is 0 Å². The summed E-state index contributed by atoms with van der Waals surface area (Å²) in [6, 6.07) is 5.90. The van der Waals surface area contributed by atoms with Crippen LogP contribution in [0, 0.1) is 11.8 Å². The molecule has 146 valence electrons. The van der Waals surface area contributed by atoms with E-state index in [9.17, 15) is 4.79 Å². The molecule has 0 saturated carbocycles. The topological polar surface area (TPSA) is 51.7 Å². The second-order valence-corrected chi connectivity index (χ2v) is 8.03. The highest BCUT2D eigenvalue weighted by molar-refractivity contribution is 5.79. The van der Waals surface area contributed by atoms with Crippen LogP contribution in [0.2, 0.25) is 0 Å². The van der Waals surface area contributed by atoms with Crippen molar-refractivity contribution in [3.63, 3.8) is 0 Å². The maximum Gasteiger partial charge on any atom is 0.226 e. The van der Waals surface area contributed by atoms with Crippen LogP contribution in [-0.2, 0) is 20.9 Å². The van der Waals surface area contributed by atoms with E-state index in [0.29, 0.717) is 18.4 Å². The standard InChI is InChI=1S/C22H30N2O3/c25-21(18-5-1-2-6-18)24-13-10-22(11-14-24)19(9-16-27-22)8-15-26-17-20-7-3-4-12-23-20/h1-4,7,12,18-19H,5-6,8-11,13-17H2/t19-/m1/s1. The number of ether oxygens (including phenoxy) is 2. The molecule has 0 aromatic carbocycles. The number of pyridine rings is 1. The second kappa shape index (κ2) is 8.53. The summed E-state index contributed by atoms with van der Waals surface area (Å²) in [5, 5.41) is 0. The maximum atomic E-state index is 12.7. The molecule has 0 N–H and O–H groups in total. The van der Waals surface area contributed by atoms with Gasteiger partial charge >= 0.3 is 0 Å². The molecule has 0 bridgehead atoms. The summed E-state index contributed by atoms with van der Waals surface area (Å²) in [6.07, 6.45) is 11.9. The lowest BCUT2D eigenvalue weighted by atomic mass is 9.78. The van der Waals surface area contributed by atoms with Crippen molar-refractivity contribution in [1.82, 2.24) is 9.88 Å². The molecule has 1 aromatic rings. The van der Waals surface area contributed by atoms with E-state index in [0.717, 1.165) is 70.5 Å². The predicted octanol–water partition coefficient (Wildman–Crippen LogP) is 3.35. The SMILES string of the molecule is O=C(C1CC=CC1)N1CCC2(CC1)OCC[C@H]2CCOCc1ccccn1. The number of nitrogens with zero attached hydrogens (tertiary/aromatic N) is 2. The number of aromatic nitrogens is 1. The molecule has 1 atom stereocenters. The van der Waals surface area contributed by atoms with Gasteiger partial charge in [-0.2, -0.15) is 0 Å². The van der Waals surface area contributed by atoms with Gasteiger partial charge in [0.1, 0.15) is 0 Å². The van der Waals surface area contributed by atoms with Gasteiger partial charge in [-0.05, 0) is 56.6 Å². The lowest BCUT2D eigenvalue weighted by molar-refractivity contribution is -0.141. The van der Waals surface area contributed by atoms with Gasteiger partial charge in [0, 0.05) is 38.4 Å². The summed E-state index contributed by atoms with van der Waals surface area (Å²) in [6.45, 7) is 3.81. The first-order chi connectivity index (χ1) is 13.3.